The second-order valence-electron chi connectivity index (χ2n) is 6.02. The molecule has 0 radical (unpaired) electrons. The van der Waals surface area contributed by atoms with Gasteiger partial charge in [0, 0.05) is 13.0 Å². The number of amides is 1. The first kappa shape index (κ1) is 15.5. The third-order valence-corrected chi connectivity index (χ3v) is 4.56. The van der Waals surface area contributed by atoms with Crippen LogP contribution in [0.25, 0.3) is 0 Å². The summed E-state index contributed by atoms with van der Waals surface area (Å²) in [7, 11) is 0. The van der Waals surface area contributed by atoms with Gasteiger partial charge in [0.1, 0.15) is 0 Å². The van der Waals surface area contributed by atoms with Crippen LogP contribution < -0.4 is 10.6 Å². The number of carbonyl (C=O) groups excluding carboxylic acids is 1. The van der Waals surface area contributed by atoms with Crippen molar-refractivity contribution in [1.82, 2.24) is 10.6 Å². The van der Waals surface area contributed by atoms with Gasteiger partial charge in [-0.05, 0) is 63.1 Å². The highest BCUT2D eigenvalue weighted by molar-refractivity contribution is 7.80. The Hall–Kier alpha value is -0.900. The molecule has 0 bridgehead atoms. The Labute approximate surface area is 127 Å². The van der Waals surface area contributed by atoms with Crippen molar-refractivity contribution in [3.63, 3.8) is 0 Å². The molecule has 0 saturated heterocycles. The van der Waals surface area contributed by atoms with E-state index in [9.17, 15) is 4.79 Å². The molecule has 2 aliphatic carbocycles. The highest BCUT2D eigenvalue weighted by Gasteiger charge is 2.18. The summed E-state index contributed by atoms with van der Waals surface area (Å²) >= 11 is 5.18. The predicted octanol–water partition coefficient (Wildman–Crippen LogP) is 3.45. The van der Waals surface area contributed by atoms with Crippen LogP contribution in [0.4, 0.5) is 0 Å². The minimum atomic E-state index is 0.0753. The fourth-order valence-corrected chi connectivity index (χ4v) is 3.38. The van der Waals surface area contributed by atoms with Gasteiger partial charge in [-0.3, -0.25) is 4.79 Å². The van der Waals surface area contributed by atoms with E-state index in [1.165, 1.54) is 56.9 Å². The lowest BCUT2D eigenvalue weighted by Crippen LogP contribution is -2.40. The van der Waals surface area contributed by atoms with Crippen molar-refractivity contribution in [2.75, 3.05) is 6.54 Å². The minimum absolute atomic E-state index is 0.0753. The molecule has 3 nitrogen and oxygen atoms in total. The Bertz CT molecular complexity index is 373. The van der Waals surface area contributed by atoms with Gasteiger partial charge in [0.15, 0.2) is 5.11 Å². The van der Waals surface area contributed by atoms with Crippen LogP contribution in [0, 0.1) is 5.92 Å². The van der Waals surface area contributed by atoms with Gasteiger partial charge in [-0.1, -0.05) is 24.5 Å². The molecule has 2 N–H and O–H groups in total. The van der Waals surface area contributed by atoms with Crippen molar-refractivity contribution in [2.24, 2.45) is 5.92 Å². The molecule has 0 atom stereocenters. The van der Waals surface area contributed by atoms with Gasteiger partial charge in [0.2, 0.25) is 5.91 Å². The Kier molecular flexibility index (Phi) is 6.51. The van der Waals surface area contributed by atoms with Gasteiger partial charge in [0.05, 0.1) is 0 Å². The first-order chi connectivity index (χ1) is 9.74. The fraction of sp³-hybridized carbons (Fsp3) is 0.750. The van der Waals surface area contributed by atoms with E-state index in [-0.39, 0.29) is 5.91 Å². The molecule has 4 heteroatoms. The van der Waals surface area contributed by atoms with E-state index >= 15 is 0 Å². The van der Waals surface area contributed by atoms with Gasteiger partial charge in [0.25, 0.3) is 0 Å². The topological polar surface area (TPSA) is 41.1 Å². The smallest absolute Gasteiger partial charge is 0.226 e. The molecule has 20 heavy (non-hydrogen) atoms. The summed E-state index contributed by atoms with van der Waals surface area (Å²) in [5, 5.41) is 6.44. The van der Waals surface area contributed by atoms with Gasteiger partial charge in [-0.25, -0.2) is 0 Å². The molecule has 0 spiro atoms. The van der Waals surface area contributed by atoms with Crippen LogP contribution in [0.15, 0.2) is 11.6 Å². The quantitative estimate of drug-likeness (QED) is 0.603. The average Bonchev–Trinajstić information content (AvgIpc) is 2.92. The van der Waals surface area contributed by atoms with Gasteiger partial charge in [-0.15, -0.1) is 0 Å². The molecule has 0 heterocycles. The van der Waals surface area contributed by atoms with Crippen LogP contribution >= 0.6 is 12.2 Å². The van der Waals surface area contributed by atoms with Gasteiger partial charge in [-0.2, -0.15) is 0 Å². The molecular formula is C16H26N2OS. The molecular weight excluding hydrogens is 268 g/mol. The maximum absolute atomic E-state index is 11.8. The summed E-state index contributed by atoms with van der Waals surface area (Å²) in [6, 6.07) is 0. The second kappa shape index (κ2) is 8.40. The Balaban J connectivity index is 1.57. The molecule has 2 aliphatic rings. The van der Waals surface area contributed by atoms with Crippen LogP contribution in [0.2, 0.25) is 0 Å². The zero-order valence-electron chi connectivity index (χ0n) is 12.2. The monoisotopic (exact) mass is 294 g/mol. The molecule has 2 rings (SSSR count). The van der Waals surface area contributed by atoms with Crippen molar-refractivity contribution in [1.29, 1.82) is 0 Å². The highest BCUT2D eigenvalue weighted by atomic mass is 32.1. The summed E-state index contributed by atoms with van der Waals surface area (Å²) in [6.07, 6.45) is 14.1. The Morgan fingerprint density at radius 1 is 1.25 bits per heavy atom. The zero-order valence-corrected chi connectivity index (χ0v) is 13.1. The van der Waals surface area contributed by atoms with Crippen molar-refractivity contribution >= 4 is 23.2 Å². The third-order valence-electron chi connectivity index (χ3n) is 4.32. The first-order valence-corrected chi connectivity index (χ1v) is 8.40. The SMILES string of the molecule is O=C(CC1CCCC1)NC(=S)NCCC1=CCCCC1. The largest absolute Gasteiger partial charge is 0.362 e. The van der Waals surface area contributed by atoms with Crippen molar-refractivity contribution in [3.8, 4) is 0 Å². The number of carbonyl (C=O) groups is 1. The number of allylic oxidation sites excluding steroid dienone is 1. The van der Waals surface area contributed by atoms with E-state index in [1.54, 1.807) is 0 Å². The van der Waals surface area contributed by atoms with E-state index in [4.69, 9.17) is 12.2 Å². The molecule has 112 valence electrons. The minimum Gasteiger partial charge on any atom is -0.362 e. The highest BCUT2D eigenvalue weighted by Crippen LogP contribution is 2.27. The summed E-state index contributed by atoms with van der Waals surface area (Å²) < 4.78 is 0. The van der Waals surface area contributed by atoms with E-state index < -0.39 is 0 Å². The van der Waals surface area contributed by atoms with E-state index in [2.05, 4.69) is 16.7 Å². The van der Waals surface area contributed by atoms with Crippen LogP contribution in [0.5, 0.6) is 0 Å². The van der Waals surface area contributed by atoms with Gasteiger partial charge >= 0.3 is 0 Å². The molecule has 0 aromatic heterocycles. The lowest BCUT2D eigenvalue weighted by molar-refractivity contribution is -0.120. The zero-order chi connectivity index (χ0) is 14.2. The summed E-state index contributed by atoms with van der Waals surface area (Å²) in [6.45, 7) is 0.828. The number of nitrogens with one attached hydrogen (secondary N) is 2. The number of rotatable bonds is 5. The number of hydrogen-bond acceptors (Lipinski definition) is 2. The van der Waals surface area contributed by atoms with E-state index in [0.29, 0.717) is 17.5 Å². The van der Waals surface area contributed by atoms with Crippen molar-refractivity contribution in [2.45, 2.75) is 64.2 Å². The van der Waals surface area contributed by atoms with Crippen LogP contribution in [-0.4, -0.2) is 17.6 Å². The molecule has 1 fully saturated rings. The first-order valence-electron chi connectivity index (χ1n) is 7.99. The molecule has 0 aromatic carbocycles. The van der Waals surface area contributed by atoms with Crippen molar-refractivity contribution in [3.05, 3.63) is 11.6 Å². The number of hydrogen-bond donors (Lipinski definition) is 2. The lowest BCUT2D eigenvalue weighted by atomic mass is 9.97. The average molecular weight is 294 g/mol. The normalized spacial score (nSPS) is 19.5. The third kappa shape index (κ3) is 5.61. The number of thiocarbonyl (C=S) groups is 1. The molecule has 1 amide bonds. The Morgan fingerprint density at radius 2 is 2.05 bits per heavy atom. The molecule has 0 aromatic rings. The summed E-state index contributed by atoms with van der Waals surface area (Å²) in [5.74, 6) is 0.650. The molecule has 0 unspecified atom stereocenters. The summed E-state index contributed by atoms with van der Waals surface area (Å²) in [5.41, 5.74) is 1.53. The van der Waals surface area contributed by atoms with Crippen molar-refractivity contribution < 1.29 is 4.79 Å². The van der Waals surface area contributed by atoms with E-state index in [0.717, 1.165) is 13.0 Å². The van der Waals surface area contributed by atoms with Crippen LogP contribution in [0.1, 0.15) is 64.2 Å². The maximum atomic E-state index is 11.8. The Morgan fingerprint density at radius 3 is 2.75 bits per heavy atom. The second-order valence-corrected chi connectivity index (χ2v) is 6.43. The summed E-state index contributed by atoms with van der Waals surface area (Å²) in [4.78, 5) is 11.8. The molecule has 1 saturated carbocycles. The van der Waals surface area contributed by atoms with Crippen LogP contribution in [0.3, 0.4) is 0 Å². The molecule has 0 aliphatic heterocycles. The van der Waals surface area contributed by atoms with Crippen LogP contribution in [-0.2, 0) is 4.79 Å². The predicted molar refractivity (Wildman–Crippen MR) is 86.5 cm³/mol. The van der Waals surface area contributed by atoms with E-state index in [1.807, 2.05) is 0 Å². The standard InChI is InChI=1S/C16H26N2OS/c19-15(12-14-8-4-5-9-14)18-16(20)17-11-10-13-6-2-1-3-7-13/h6,14H,1-5,7-12H2,(H2,17,18,19,20). The maximum Gasteiger partial charge on any atom is 0.226 e. The van der Waals surface area contributed by atoms with Gasteiger partial charge < -0.3 is 10.6 Å². The fourth-order valence-electron chi connectivity index (χ4n) is 3.17. The lowest BCUT2D eigenvalue weighted by Gasteiger charge is -2.14.